The maximum Gasteiger partial charge on any atom is 0.241 e. The molecule has 0 saturated heterocycles. The molecule has 0 bridgehead atoms. The van der Waals surface area contributed by atoms with Gasteiger partial charge in [-0.25, -0.2) is 0 Å². The number of hydroxylamine groups is 1. The van der Waals surface area contributed by atoms with Crippen LogP contribution < -0.4 is 0 Å². The summed E-state index contributed by atoms with van der Waals surface area (Å²) in [5.74, 6) is -0.761. The molecule has 0 saturated carbocycles. The smallest absolute Gasteiger partial charge is 0.241 e. The summed E-state index contributed by atoms with van der Waals surface area (Å²) in [6.45, 7) is 5.35. The Morgan fingerprint density at radius 3 is 2.30 bits per heavy atom. The van der Waals surface area contributed by atoms with E-state index in [2.05, 4.69) is 19.0 Å². The van der Waals surface area contributed by atoms with Gasteiger partial charge in [-0.05, 0) is 37.1 Å². The molecule has 124 valence electrons. The molecule has 0 unspecified atom stereocenters. The number of benzene rings is 1. The Hall–Kier alpha value is -1.98. The molecule has 23 heavy (non-hydrogen) atoms. The molecule has 1 aliphatic rings. The third-order valence-electron chi connectivity index (χ3n) is 3.39. The van der Waals surface area contributed by atoms with E-state index in [0.29, 0.717) is 35.9 Å². The lowest BCUT2D eigenvalue weighted by molar-refractivity contribution is -0.468. The van der Waals surface area contributed by atoms with Crippen LogP contribution in [0.4, 0.5) is 5.69 Å². The van der Waals surface area contributed by atoms with Crippen molar-refractivity contribution in [1.29, 1.82) is 0 Å². The quantitative estimate of drug-likeness (QED) is 0.303. The lowest BCUT2D eigenvalue weighted by Gasteiger charge is -2.31. The summed E-state index contributed by atoms with van der Waals surface area (Å²) in [5.41, 5.74) is 1.11. The molecule has 0 amide bonds. The first-order valence-electron chi connectivity index (χ1n) is 8.10. The number of rotatable bonds is 8. The van der Waals surface area contributed by atoms with E-state index < -0.39 is 5.79 Å². The van der Waals surface area contributed by atoms with Gasteiger partial charge in [-0.1, -0.05) is 36.9 Å². The molecular weight excluding hydrogens is 292 g/mol. The van der Waals surface area contributed by atoms with Crippen molar-refractivity contribution in [2.75, 3.05) is 13.2 Å². The van der Waals surface area contributed by atoms with Crippen LogP contribution in [0.1, 0.15) is 33.1 Å². The Morgan fingerprint density at radius 1 is 1.13 bits per heavy atom. The molecule has 0 fully saturated rings. The van der Waals surface area contributed by atoms with Crippen molar-refractivity contribution in [2.24, 2.45) is 5.11 Å². The van der Waals surface area contributed by atoms with Gasteiger partial charge >= 0.3 is 0 Å². The van der Waals surface area contributed by atoms with Gasteiger partial charge in [0.25, 0.3) is 0 Å². The summed E-state index contributed by atoms with van der Waals surface area (Å²) in [6.07, 6.45) is 7.68. The summed E-state index contributed by atoms with van der Waals surface area (Å²) < 4.78 is 11.7. The fourth-order valence-electron chi connectivity index (χ4n) is 2.20. The van der Waals surface area contributed by atoms with Crippen LogP contribution in [0.2, 0.25) is 0 Å². The van der Waals surface area contributed by atoms with Crippen LogP contribution in [0.15, 0.2) is 59.4 Å². The second-order valence-corrected chi connectivity index (χ2v) is 5.38. The molecule has 2 rings (SSSR count). The number of azo groups is 1. The zero-order chi connectivity index (χ0) is 16.5. The fraction of sp³-hybridized carbons (Fsp3) is 0.444. The van der Waals surface area contributed by atoms with Gasteiger partial charge in [-0.3, -0.25) is 0 Å². The van der Waals surface area contributed by atoms with E-state index in [-0.39, 0.29) is 0 Å². The van der Waals surface area contributed by atoms with Crippen LogP contribution in [0.25, 0.3) is 0 Å². The van der Waals surface area contributed by atoms with Crippen molar-refractivity contribution in [3.05, 3.63) is 59.5 Å². The van der Waals surface area contributed by atoms with E-state index >= 15 is 0 Å². The van der Waals surface area contributed by atoms with E-state index in [4.69, 9.17) is 9.47 Å². The summed E-state index contributed by atoms with van der Waals surface area (Å²) >= 11 is 0. The predicted molar refractivity (Wildman–Crippen MR) is 89.2 cm³/mol. The van der Waals surface area contributed by atoms with Crippen LogP contribution in [0.5, 0.6) is 0 Å². The van der Waals surface area contributed by atoms with Crippen molar-refractivity contribution in [3.8, 4) is 0 Å². The van der Waals surface area contributed by atoms with Crippen LogP contribution in [0.3, 0.4) is 0 Å². The average molecular weight is 316 g/mol. The van der Waals surface area contributed by atoms with Gasteiger partial charge in [0.1, 0.15) is 5.69 Å². The average Bonchev–Trinajstić information content (AvgIpc) is 2.60. The fourth-order valence-corrected chi connectivity index (χ4v) is 2.20. The Labute approximate surface area is 137 Å². The highest BCUT2D eigenvalue weighted by molar-refractivity contribution is 5.34. The lowest BCUT2D eigenvalue weighted by Crippen LogP contribution is -2.35. The monoisotopic (exact) mass is 316 g/mol. The van der Waals surface area contributed by atoms with Crippen molar-refractivity contribution in [3.63, 3.8) is 0 Å². The summed E-state index contributed by atoms with van der Waals surface area (Å²) in [7, 11) is 0. The highest BCUT2D eigenvalue weighted by Crippen LogP contribution is 2.28. The first kappa shape index (κ1) is 17.4. The minimum atomic E-state index is -0.761. The molecule has 5 nitrogen and oxygen atoms in total. The number of hydrogen-bond acceptors (Lipinski definition) is 4. The number of allylic oxidation sites excluding steroid dienone is 1. The molecule has 0 aliphatic heterocycles. The Balaban J connectivity index is 2.09. The van der Waals surface area contributed by atoms with Gasteiger partial charge in [-0.15, -0.1) is 0 Å². The van der Waals surface area contributed by atoms with E-state index in [1.54, 1.807) is 18.2 Å². The summed E-state index contributed by atoms with van der Waals surface area (Å²) in [5, 5.41) is 16.2. The molecule has 0 radical (unpaired) electrons. The van der Waals surface area contributed by atoms with E-state index in [0.717, 1.165) is 12.8 Å². The van der Waals surface area contributed by atoms with Gasteiger partial charge in [-0.2, -0.15) is 0 Å². The van der Waals surface area contributed by atoms with Gasteiger partial charge < -0.3 is 14.7 Å². The predicted octanol–water partition coefficient (Wildman–Crippen LogP) is 4.67. The molecule has 0 spiro atoms. The van der Waals surface area contributed by atoms with Crippen LogP contribution >= 0.6 is 0 Å². The Bertz CT molecular complexity index is 571. The third-order valence-corrected chi connectivity index (χ3v) is 3.39. The molecule has 0 heterocycles. The molecule has 0 atom stereocenters. The van der Waals surface area contributed by atoms with Crippen molar-refractivity contribution in [1.82, 2.24) is 0 Å². The molecule has 1 aromatic carbocycles. The lowest BCUT2D eigenvalue weighted by atomic mass is 10.1. The number of hydrogen-bond donors (Lipinski definition) is 0. The SMILES string of the molecule is CCCOC1(OCCC)C=CC([N+]([O-])=Nc2ccccc2)=CC1. The normalized spacial score (nSPS) is 17.1. The second kappa shape index (κ2) is 8.60. The molecule has 5 heteroatoms. The van der Waals surface area contributed by atoms with Gasteiger partial charge in [0, 0.05) is 17.6 Å². The number of nitrogens with zero attached hydrogens (tertiary/aromatic N) is 2. The van der Waals surface area contributed by atoms with Crippen molar-refractivity contribution < 1.29 is 14.3 Å². The van der Waals surface area contributed by atoms with E-state index in [1.807, 2.05) is 30.4 Å². The maximum absolute atomic E-state index is 12.2. The van der Waals surface area contributed by atoms with Crippen LogP contribution in [0, 0.1) is 5.21 Å². The summed E-state index contributed by atoms with van der Waals surface area (Å²) in [6, 6.07) is 9.16. The largest absolute Gasteiger partial charge is 0.594 e. The molecule has 1 aromatic rings. The highest BCUT2D eigenvalue weighted by Gasteiger charge is 2.32. The third kappa shape index (κ3) is 5.01. The molecule has 1 aliphatic carbocycles. The molecule has 0 N–H and O–H groups in total. The summed E-state index contributed by atoms with van der Waals surface area (Å²) in [4.78, 5) is 0.634. The minimum Gasteiger partial charge on any atom is -0.594 e. The van der Waals surface area contributed by atoms with Gasteiger partial charge in [0.15, 0.2) is 5.79 Å². The van der Waals surface area contributed by atoms with Gasteiger partial charge in [0.05, 0.1) is 13.2 Å². The van der Waals surface area contributed by atoms with Gasteiger partial charge in [0.2, 0.25) is 5.70 Å². The number of ether oxygens (including phenoxy) is 2. The van der Waals surface area contributed by atoms with Crippen molar-refractivity contribution in [2.45, 2.75) is 38.9 Å². The first-order valence-corrected chi connectivity index (χ1v) is 8.10. The Kier molecular flexibility index (Phi) is 6.50. The van der Waals surface area contributed by atoms with E-state index in [9.17, 15) is 5.21 Å². The van der Waals surface area contributed by atoms with Crippen LogP contribution in [-0.2, 0) is 9.47 Å². The molecule has 0 aromatic heterocycles. The standard InChI is InChI=1S/C18H24N2O3/c1-3-14-22-18(23-15-4-2)12-10-17(11-13-18)20(21)19-16-8-6-5-7-9-16/h5-12H,3-4,13-15H2,1-2H3. The zero-order valence-corrected chi connectivity index (χ0v) is 13.8. The maximum atomic E-state index is 12.2. The first-order chi connectivity index (χ1) is 11.2. The molecular formula is C18H24N2O3. The topological polar surface area (TPSA) is 56.9 Å². The highest BCUT2D eigenvalue weighted by atomic mass is 16.7. The minimum absolute atomic E-state index is 0.490. The van der Waals surface area contributed by atoms with E-state index in [1.165, 1.54) is 0 Å². The second-order valence-electron chi connectivity index (χ2n) is 5.38. The van der Waals surface area contributed by atoms with Crippen LogP contribution in [-0.4, -0.2) is 23.9 Å². The zero-order valence-electron chi connectivity index (χ0n) is 13.8. The van der Waals surface area contributed by atoms with Crippen molar-refractivity contribution >= 4 is 5.69 Å². The Morgan fingerprint density at radius 2 is 1.78 bits per heavy atom.